The molecule has 2 N–H and O–H groups in total. The van der Waals surface area contributed by atoms with Gasteiger partial charge >= 0.3 is 0 Å². The predicted molar refractivity (Wildman–Crippen MR) is 96.0 cm³/mol. The van der Waals surface area contributed by atoms with Gasteiger partial charge < -0.3 is 10.6 Å². The van der Waals surface area contributed by atoms with Crippen LogP contribution in [0.4, 0.5) is 0 Å². The van der Waals surface area contributed by atoms with Gasteiger partial charge in [0.25, 0.3) is 5.91 Å². The van der Waals surface area contributed by atoms with E-state index in [1.165, 1.54) is 6.20 Å². The molecule has 0 saturated heterocycles. The summed E-state index contributed by atoms with van der Waals surface area (Å²) in [7, 11) is 0. The minimum absolute atomic E-state index is 0.0481. The topological polar surface area (TPSA) is 108 Å². The van der Waals surface area contributed by atoms with Crippen LogP contribution in [0.2, 0.25) is 0 Å². The van der Waals surface area contributed by atoms with E-state index in [9.17, 15) is 9.59 Å². The normalized spacial score (nSPS) is 40.6. The number of nitrogens with zero attached hydrogens (tertiary/aromatic N) is 4. The molecule has 140 valence electrons. The molecule has 0 aromatic rings. The van der Waals surface area contributed by atoms with E-state index in [1.54, 1.807) is 19.2 Å². The largest absolute Gasteiger partial charge is 0.351 e. The van der Waals surface area contributed by atoms with Crippen molar-refractivity contribution in [2.75, 3.05) is 0 Å². The van der Waals surface area contributed by atoms with Crippen LogP contribution >= 0.6 is 0 Å². The average molecular weight is 366 g/mol. The van der Waals surface area contributed by atoms with Crippen molar-refractivity contribution in [1.29, 1.82) is 0 Å². The maximum absolute atomic E-state index is 13.0. The molecule has 2 amide bonds. The van der Waals surface area contributed by atoms with Crippen LogP contribution < -0.4 is 10.6 Å². The van der Waals surface area contributed by atoms with Crippen molar-refractivity contribution in [2.45, 2.75) is 50.6 Å². The van der Waals surface area contributed by atoms with Crippen LogP contribution in [0.5, 0.6) is 0 Å². The number of allylic oxidation sites excluding steroid dienone is 1. The Hall–Kier alpha value is -2.64. The van der Waals surface area contributed by atoms with Crippen LogP contribution in [0, 0.1) is 17.8 Å². The van der Waals surface area contributed by atoms with Crippen molar-refractivity contribution in [2.24, 2.45) is 38.2 Å². The molecule has 4 saturated carbocycles. The Morgan fingerprint density at radius 2 is 1.89 bits per heavy atom. The smallest absolute Gasteiger partial charge is 0.255 e. The van der Waals surface area contributed by atoms with Gasteiger partial charge in [0.05, 0.1) is 18.0 Å². The van der Waals surface area contributed by atoms with Gasteiger partial charge in [-0.2, -0.15) is 10.2 Å². The molecule has 6 rings (SSSR count). The Balaban J connectivity index is 1.33. The highest BCUT2D eigenvalue weighted by Crippen LogP contribution is 2.55. The summed E-state index contributed by atoms with van der Waals surface area (Å²) < 4.78 is 0. The Morgan fingerprint density at radius 1 is 1.11 bits per heavy atom. The highest BCUT2D eigenvalue weighted by atomic mass is 16.2. The maximum Gasteiger partial charge on any atom is 0.255 e. The summed E-state index contributed by atoms with van der Waals surface area (Å²) in [5.41, 5.74) is 1.42. The standard InChI is InChI=1S/C19H22N6O2/c1-10(26)23-19-6-11-4-12(7-19)16(13(5-11)8-19)22-18(27)14-9-21-25-17(14)15-2-3-20-24-15/h2-3,9,11-13,16H,4-8H2,1H3,(H,22,27)(H,23,26). The van der Waals surface area contributed by atoms with Crippen molar-refractivity contribution >= 4 is 11.8 Å². The van der Waals surface area contributed by atoms with Gasteiger partial charge in [0.15, 0.2) is 0 Å². The van der Waals surface area contributed by atoms with Crippen LogP contribution in [0.15, 0.2) is 55.9 Å². The zero-order chi connectivity index (χ0) is 18.6. The number of carbonyl (C=O) groups is 2. The summed E-state index contributed by atoms with van der Waals surface area (Å²) in [6.45, 7) is 1.60. The van der Waals surface area contributed by atoms with Crippen LogP contribution in [-0.2, 0) is 9.59 Å². The molecule has 2 heterocycles. The number of hydrogen-bond donors (Lipinski definition) is 2. The molecule has 4 aliphatic carbocycles. The van der Waals surface area contributed by atoms with Crippen LogP contribution in [0.1, 0.15) is 39.0 Å². The highest BCUT2D eigenvalue weighted by Gasteiger charge is 2.56. The molecule has 2 aliphatic heterocycles. The summed E-state index contributed by atoms with van der Waals surface area (Å²) in [6, 6.07) is 0.143. The monoisotopic (exact) mass is 366 g/mol. The lowest BCUT2D eigenvalue weighted by Gasteiger charge is -2.60. The van der Waals surface area contributed by atoms with Gasteiger partial charge in [0, 0.05) is 18.5 Å². The molecule has 0 aromatic carbocycles. The van der Waals surface area contributed by atoms with Crippen molar-refractivity contribution in [1.82, 2.24) is 10.6 Å². The first kappa shape index (κ1) is 16.5. The van der Waals surface area contributed by atoms with Gasteiger partial charge in [-0.15, -0.1) is 10.2 Å². The van der Waals surface area contributed by atoms with E-state index < -0.39 is 0 Å². The van der Waals surface area contributed by atoms with Crippen molar-refractivity contribution in [3.8, 4) is 0 Å². The lowest BCUT2D eigenvalue weighted by molar-refractivity contribution is -0.129. The number of nitrogens with one attached hydrogen (secondary N) is 2. The zero-order valence-electron chi connectivity index (χ0n) is 15.2. The van der Waals surface area contributed by atoms with Crippen LogP contribution in [-0.4, -0.2) is 23.4 Å². The summed E-state index contributed by atoms with van der Waals surface area (Å²) in [6.07, 6.45) is 10.0. The second kappa shape index (κ2) is 5.94. The summed E-state index contributed by atoms with van der Waals surface area (Å²) >= 11 is 0. The van der Waals surface area contributed by atoms with Crippen molar-refractivity contribution < 1.29 is 9.59 Å². The summed E-state index contributed by atoms with van der Waals surface area (Å²) in [4.78, 5) is 24.6. The van der Waals surface area contributed by atoms with Gasteiger partial charge in [0.1, 0.15) is 11.4 Å². The lowest BCUT2D eigenvalue weighted by Crippen LogP contribution is -2.66. The fourth-order valence-electron chi connectivity index (χ4n) is 5.99. The Bertz CT molecular complexity index is 837. The molecule has 27 heavy (non-hydrogen) atoms. The van der Waals surface area contributed by atoms with E-state index in [0.717, 1.165) is 32.1 Å². The van der Waals surface area contributed by atoms with E-state index in [0.29, 0.717) is 34.7 Å². The van der Waals surface area contributed by atoms with Gasteiger partial charge in [-0.3, -0.25) is 9.59 Å². The highest BCUT2D eigenvalue weighted by molar-refractivity contribution is 5.98. The third-order valence-electron chi connectivity index (χ3n) is 6.56. The number of carbonyl (C=O) groups excluding carboxylic acids is 2. The van der Waals surface area contributed by atoms with E-state index in [4.69, 9.17) is 0 Å². The molecular weight excluding hydrogens is 344 g/mol. The van der Waals surface area contributed by atoms with E-state index in [-0.39, 0.29) is 23.4 Å². The quantitative estimate of drug-likeness (QED) is 0.801. The fourth-order valence-corrected chi connectivity index (χ4v) is 5.99. The average Bonchev–Trinajstić information content (AvgIpc) is 3.26. The Kier molecular flexibility index (Phi) is 3.63. The zero-order valence-corrected chi connectivity index (χ0v) is 15.2. The molecule has 2 unspecified atom stereocenters. The third-order valence-corrected chi connectivity index (χ3v) is 6.56. The van der Waals surface area contributed by atoms with Gasteiger partial charge in [-0.05, 0) is 55.9 Å². The number of hydrogen-bond acceptors (Lipinski definition) is 6. The predicted octanol–water partition coefficient (Wildman–Crippen LogP) is 2.73. The fraction of sp³-hybridized carbons (Fsp3) is 0.579. The molecule has 8 heteroatoms. The molecule has 0 spiro atoms. The lowest BCUT2D eigenvalue weighted by atomic mass is 9.51. The van der Waals surface area contributed by atoms with Gasteiger partial charge in [-0.1, -0.05) is 0 Å². The first-order valence-electron chi connectivity index (χ1n) is 9.56. The van der Waals surface area contributed by atoms with E-state index in [1.807, 2.05) is 0 Å². The summed E-state index contributed by atoms with van der Waals surface area (Å²) in [5.74, 6) is 1.37. The van der Waals surface area contributed by atoms with E-state index >= 15 is 0 Å². The maximum atomic E-state index is 13.0. The van der Waals surface area contributed by atoms with Crippen molar-refractivity contribution in [3.63, 3.8) is 0 Å². The van der Waals surface area contributed by atoms with Crippen LogP contribution in [0.25, 0.3) is 0 Å². The minimum atomic E-state index is -0.149. The number of azo groups is 2. The Morgan fingerprint density at radius 3 is 2.56 bits per heavy atom. The van der Waals surface area contributed by atoms with Crippen LogP contribution in [0.3, 0.4) is 0 Å². The van der Waals surface area contributed by atoms with Crippen molar-refractivity contribution in [3.05, 3.63) is 35.4 Å². The summed E-state index contributed by atoms with van der Waals surface area (Å²) in [5, 5.41) is 22.2. The molecule has 8 nitrogen and oxygen atoms in total. The second-order valence-corrected chi connectivity index (χ2v) is 8.45. The first-order chi connectivity index (χ1) is 13.0. The van der Waals surface area contributed by atoms with Gasteiger partial charge in [-0.25, -0.2) is 0 Å². The first-order valence-corrected chi connectivity index (χ1v) is 9.56. The second-order valence-electron chi connectivity index (χ2n) is 8.45. The number of rotatable bonds is 3. The van der Waals surface area contributed by atoms with E-state index in [2.05, 4.69) is 31.1 Å². The SMILES string of the molecule is CC(=O)NC12CC3CC(C1)C(NC(=O)C1=CN=NC1=C1C=CN=N1)C(C3)C2. The molecule has 0 radical (unpaired) electrons. The molecule has 6 aliphatic rings. The van der Waals surface area contributed by atoms with Gasteiger partial charge in [0.2, 0.25) is 5.91 Å². The number of amides is 2. The molecule has 4 fully saturated rings. The molecular formula is C19H22N6O2. The molecule has 2 atom stereocenters. The molecule has 0 aromatic heterocycles. The minimum Gasteiger partial charge on any atom is -0.351 e. The molecule has 4 bridgehead atoms. The Labute approximate surface area is 157 Å². The third kappa shape index (κ3) is 2.74.